The minimum atomic E-state index is -0.153. The van der Waals surface area contributed by atoms with Gasteiger partial charge in [0.15, 0.2) is 0 Å². The van der Waals surface area contributed by atoms with Crippen LogP contribution < -0.4 is 10.6 Å². The minimum Gasteiger partial charge on any atom is -0.359 e. The Labute approximate surface area is 147 Å². The predicted octanol–water partition coefficient (Wildman–Crippen LogP) is 1.24. The first-order valence-electron chi connectivity index (χ1n) is 8.38. The van der Waals surface area contributed by atoms with Crippen molar-refractivity contribution in [3.05, 3.63) is 47.8 Å². The molecule has 0 radical (unpaired) electrons. The van der Waals surface area contributed by atoms with E-state index in [1.165, 1.54) is 0 Å². The molecule has 0 bridgehead atoms. The van der Waals surface area contributed by atoms with Gasteiger partial charge in [0, 0.05) is 38.9 Å². The van der Waals surface area contributed by atoms with E-state index in [1.54, 1.807) is 37.2 Å². The molecule has 0 spiro atoms. The van der Waals surface area contributed by atoms with Gasteiger partial charge >= 0.3 is 0 Å². The fourth-order valence-corrected chi connectivity index (χ4v) is 3.15. The summed E-state index contributed by atoms with van der Waals surface area (Å²) in [6, 6.07) is 7.60. The highest BCUT2D eigenvalue weighted by Gasteiger charge is 2.27. The first-order valence-corrected chi connectivity index (χ1v) is 8.38. The smallest absolute Gasteiger partial charge is 0.255 e. The van der Waals surface area contributed by atoms with Gasteiger partial charge < -0.3 is 10.6 Å². The zero-order valence-corrected chi connectivity index (χ0v) is 14.5. The predicted molar refractivity (Wildman–Crippen MR) is 95.1 cm³/mol. The Morgan fingerprint density at radius 1 is 1.36 bits per heavy atom. The molecule has 0 aliphatic carbocycles. The lowest BCUT2D eigenvalue weighted by Gasteiger charge is -2.16. The highest BCUT2D eigenvalue weighted by atomic mass is 16.2. The monoisotopic (exact) mass is 341 g/mol. The number of rotatable bonds is 5. The molecular weight excluding hydrogens is 318 g/mol. The van der Waals surface area contributed by atoms with E-state index in [0.29, 0.717) is 11.3 Å². The molecule has 0 saturated carbocycles. The van der Waals surface area contributed by atoms with Crippen LogP contribution in [0.5, 0.6) is 0 Å². The molecule has 0 unspecified atom stereocenters. The molecule has 132 valence electrons. The average molecular weight is 341 g/mol. The van der Waals surface area contributed by atoms with E-state index >= 15 is 0 Å². The number of hydrogen-bond donors (Lipinski definition) is 2. The van der Waals surface area contributed by atoms with Gasteiger partial charge in [-0.05, 0) is 30.7 Å². The van der Waals surface area contributed by atoms with Gasteiger partial charge in [-0.2, -0.15) is 5.10 Å². The van der Waals surface area contributed by atoms with Crippen LogP contribution in [0.1, 0.15) is 22.3 Å². The van der Waals surface area contributed by atoms with Crippen LogP contribution in [0.3, 0.4) is 0 Å². The first kappa shape index (κ1) is 17.2. The zero-order chi connectivity index (χ0) is 17.8. The van der Waals surface area contributed by atoms with Crippen LogP contribution >= 0.6 is 0 Å². The van der Waals surface area contributed by atoms with Crippen molar-refractivity contribution in [1.82, 2.24) is 20.0 Å². The van der Waals surface area contributed by atoms with Gasteiger partial charge in [-0.1, -0.05) is 12.1 Å². The first-order chi connectivity index (χ1) is 12.0. The second-order valence-corrected chi connectivity index (χ2v) is 6.39. The normalized spacial score (nSPS) is 17.4. The Morgan fingerprint density at radius 2 is 2.20 bits per heavy atom. The van der Waals surface area contributed by atoms with Crippen molar-refractivity contribution < 1.29 is 9.59 Å². The van der Waals surface area contributed by atoms with Gasteiger partial charge in [-0.3, -0.25) is 19.2 Å². The summed E-state index contributed by atoms with van der Waals surface area (Å²) in [6.07, 6.45) is 4.25. The molecule has 7 heteroatoms. The summed E-state index contributed by atoms with van der Waals surface area (Å²) in [5, 5.41) is 9.60. The van der Waals surface area contributed by atoms with Crippen LogP contribution in [0.4, 0.5) is 5.69 Å². The minimum absolute atomic E-state index is 0.0575. The van der Waals surface area contributed by atoms with E-state index in [9.17, 15) is 9.59 Å². The van der Waals surface area contributed by atoms with Crippen LogP contribution in [0, 0.1) is 5.92 Å². The number of nitrogens with zero attached hydrogens (tertiary/aromatic N) is 3. The molecule has 25 heavy (non-hydrogen) atoms. The van der Waals surface area contributed by atoms with E-state index in [4.69, 9.17) is 0 Å². The lowest BCUT2D eigenvalue weighted by molar-refractivity contribution is -0.124. The molecule has 3 rings (SSSR count). The standard InChI is InChI=1S/C18H23N5O2/c1-19-17(24)15-6-7-23(11-15)10-13-4-3-5-14(8-13)18(25)21-16-9-20-22(2)12-16/h3-5,8-9,12,15H,6-7,10-11H2,1-2H3,(H,19,24)(H,21,25)/t15-/m0/s1. The maximum atomic E-state index is 12.4. The number of anilines is 1. The van der Waals surface area contributed by atoms with Gasteiger partial charge in [-0.25, -0.2) is 0 Å². The van der Waals surface area contributed by atoms with Crippen molar-refractivity contribution in [3.63, 3.8) is 0 Å². The maximum Gasteiger partial charge on any atom is 0.255 e. The molecule has 1 fully saturated rings. The Balaban J connectivity index is 1.61. The number of aromatic nitrogens is 2. The van der Waals surface area contributed by atoms with Crippen molar-refractivity contribution >= 4 is 17.5 Å². The third-order valence-corrected chi connectivity index (χ3v) is 4.45. The largest absolute Gasteiger partial charge is 0.359 e. The fraction of sp³-hybridized carbons (Fsp3) is 0.389. The molecule has 1 aliphatic rings. The number of likely N-dealkylation sites (tertiary alicyclic amines) is 1. The summed E-state index contributed by atoms with van der Waals surface area (Å²) in [7, 11) is 3.48. The van der Waals surface area contributed by atoms with Crippen molar-refractivity contribution in [2.75, 3.05) is 25.5 Å². The van der Waals surface area contributed by atoms with E-state index in [2.05, 4.69) is 20.6 Å². The highest BCUT2D eigenvalue weighted by molar-refractivity contribution is 6.04. The van der Waals surface area contributed by atoms with Crippen molar-refractivity contribution in [1.29, 1.82) is 0 Å². The zero-order valence-electron chi connectivity index (χ0n) is 14.5. The Bertz CT molecular complexity index is 770. The molecule has 2 N–H and O–H groups in total. The molecule has 7 nitrogen and oxygen atoms in total. The molecule has 1 atom stereocenters. The van der Waals surface area contributed by atoms with Gasteiger partial charge in [0.2, 0.25) is 5.91 Å². The summed E-state index contributed by atoms with van der Waals surface area (Å²) in [6.45, 7) is 2.39. The molecular formula is C18H23N5O2. The van der Waals surface area contributed by atoms with Crippen molar-refractivity contribution in [2.45, 2.75) is 13.0 Å². The second kappa shape index (κ2) is 7.48. The number of carbonyl (C=O) groups excluding carboxylic acids is 2. The molecule has 1 aliphatic heterocycles. The van der Waals surface area contributed by atoms with Crippen LogP contribution in [0.25, 0.3) is 0 Å². The maximum absolute atomic E-state index is 12.4. The molecule has 2 heterocycles. The molecule has 2 amide bonds. The fourth-order valence-electron chi connectivity index (χ4n) is 3.15. The SMILES string of the molecule is CNC(=O)[C@H]1CCN(Cc2cccc(C(=O)Nc3cnn(C)c3)c2)C1. The van der Waals surface area contributed by atoms with Crippen molar-refractivity contribution in [3.8, 4) is 0 Å². The summed E-state index contributed by atoms with van der Waals surface area (Å²) in [4.78, 5) is 26.4. The van der Waals surface area contributed by atoms with Crippen LogP contribution in [0.15, 0.2) is 36.7 Å². The summed E-state index contributed by atoms with van der Waals surface area (Å²) < 4.78 is 1.64. The third kappa shape index (κ3) is 4.24. The van der Waals surface area contributed by atoms with Gasteiger partial charge in [-0.15, -0.1) is 0 Å². The van der Waals surface area contributed by atoms with E-state index in [1.807, 2.05) is 18.2 Å². The quantitative estimate of drug-likeness (QED) is 0.858. The lowest BCUT2D eigenvalue weighted by Crippen LogP contribution is -2.30. The van der Waals surface area contributed by atoms with Gasteiger partial charge in [0.25, 0.3) is 5.91 Å². The Morgan fingerprint density at radius 3 is 2.92 bits per heavy atom. The number of amides is 2. The lowest BCUT2D eigenvalue weighted by atomic mass is 10.1. The molecule has 1 saturated heterocycles. The number of benzene rings is 1. The highest BCUT2D eigenvalue weighted by Crippen LogP contribution is 2.19. The van der Waals surface area contributed by atoms with E-state index in [-0.39, 0.29) is 17.7 Å². The number of aryl methyl sites for hydroxylation is 1. The molecule has 2 aromatic rings. The van der Waals surface area contributed by atoms with E-state index in [0.717, 1.165) is 31.6 Å². The van der Waals surface area contributed by atoms with Crippen LogP contribution in [-0.2, 0) is 18.4 Å². The number of hydrogen-bond acceptors (Lipinski definition) is 4. The molecule has 1 aromatic heterocycles. The van der Waals surface area contributed by atoms with Crippen LogP contribution in [-0.4, -0.2) is 46.6 Å². The third-order valence-electron chi connectivity index (χ3n) is 4.45. The Kier molecular flexibility index (Phi) is 5.14. The second-order valence-electron chi connectivity index (χ2n) is 6.39. The summed E-state index contributed by atoms with van der Waals surface area (Å²) in [5.41, 5.74) is 2.35. The number of carbonyl (C=O) groups is 2. The van der Waals surface area contributed by atoms with E-state index < -0.39 is 0 Å². The topological polar surface area (TPSA) is 79.3 Å². The molecule has 1 aromatic carbocycles. The summed E-state index contributed by atoms with van der Waals surface area (Å²) in [5.74, 6) is 0.00803. The summed E-state index contributed by atoms with van der Waals surface area (Å²) >= 11 is 0. The van der Waals surface area contributed by atoms with Crippen molar-refractivity contribution in [2.24, 2.45) is 13.0 Å². The Hall–Kier alpha value is -2.67. The number of nitrogens with one attached hydrogen (secondary N) is 2. The van der Waals surface area contributed by atoms with Gasteiger partial charge in [0.1, 0.15) is 0 Å². The van der Waals surface area contributed by atoms with Crippen LogP contribution in [0.2, 0.25) is 0 Å². The average Bonchev–Trinajstić information content (AvgIpc) is 3.23. The van der Waals surface area contributed by atoms with Gasteiger partial charge in [0.05, 0.1) is 17.8 Å².